The van der Waals surface area contributed by atoms with Crippen molar-refractivity contribution in [2.24, 2.45) is 0 Å². The van der Waals surface area contributed by atoms with Crippen LogP contribution in [0.1, 0.15) is 35.8 Å². The molecule has 4 rings (SSSR count). The van der Waals surface area contributed by atoms with Crippen molar-refractivity contribution in [1.29, 1.82) is 0 Å². The summed E-state index contributed by atoms with van der Waals surface area (Å²) >= 11 is 0. The molecule has 0 saturated heterocycles. The van der Waals surface area contributed by atoms with Crippen molar-refractivity contribution in [3.05, 3.63) is 63.8 Å². The number of aryl methyl sites for hydroxylation is 1. The largest absolute Gasteiger partial charge is 0.393 e. The number of anilines is 1. The van der Waals surface area contributed by atoms with E-state index >= 15 is 0 Å². The second-order valence-electron chi connectivity index (χ2n) is 8.09. The van der Waals surface area contributed by atoms with Crippen LogP contribution in [-0.4, -0.2) is 27.1 Å². The maximum absolute atomic E-state index is 13.6. The number of benzene rings is 1. The van der Waals surface area contributed by atoms with E-state index in [1.165, 1.54) is 30.5 Å². The Labute approximate surface area is 185 Å². The zero-order valence-electron chi connectivity index (χ0n) is 17.5. The van der Waals surface area contributed by atoms with E-state index in [1.54, 1.807) is 13.0 Å². The van der Waals surface area contributed by atoms with Gasteiger partial charge in [0.25, 0.3) is 12.0 Å². The van der Waals surface area contributed by atoms with Crippen LogP contribution in [0.25, 0.3) is 10.9 Å². The standard InChI is InChI=1S/C23H19F5N4O/c1-3-17(15-6-4-5-14(9-15)11-23(26,27)28)31-20-16-12-32(22(7-8-22)21(24)25)19(33)10-18(16)29-13(2)30-20/h1,4-6,9-10,12,17,21H,7-8,11H2,2H3,(H,29,30,31). The molecule has 3 aromatic rings. The molecule has 1 saturated carbocycles. The molecule has 33 heavy (non-hydrogen) atoms. The van der Waals surface area contributed by atoms with Crippen LogP contribution in [-0.2, 0) is 12.0 Å². The molecule has 0 radical (unpaired) electrons. The van der Waals surface area contributed by atoms with Crippen LogP contribution >= 0.6 is 0 Å². The third kappa shape index (κ3) is 4.53. The first kappa shape index (κ1) is 22.7. The molecule has 172 valence electrons. The van der Waals surface area contributed by atoms with Gasteiger partial charge in [0.15, 0.2) is 0 Å². The minimum atomic E-state index is -4.37. The molecule has 0 aliphatic heterocycles. The van der Waals surface area contributed by atoms with Gasteiger partial charge in [0.1, 0.15) is 23.2 Å². The van der Waals surface area contributed by atoms with Gasteiger partial charge in [0, 0.05) is 12.3 Å². The van der Waals surface area contributed by atoms with Gasteiger partial charge in [-0.25, -0.2) is 18.7 Å². The third-order valence-corrected chi connectivity index (χ3v) is 5.63. The number of terminal acetylenes is 1. The minimum absolute atomic E-state index is 0.0484. The lowest BCUT2D eigenvalue weighted by molar-refractivity contribution is -0.127. The second-order valence-corrected chi connectivity index (χ2v) is 8.09. The molecular weight excluding hydrogens is 443 g/mol. The topological polar surface area (TPSA) is 59.8 Å². The Bertz CT molecular complexity index is 1300. The summed E-state index contributed by atoms with van der Waals surface area (Å²) in [6.45, 7) is 1.59. The van der Waals surface area contributed by atoms with Gasteiger partial charge in [-0.15, -0.1) is 6.42 Å². The van der Waals surface area contributed by atoms with Crippen LogP contribution in [0.15, 0.2) is 41.3 Å². The summed E-state index contributed by atoms with van der Waals surface area (Å²) in [6, 6.07) is 6.08. The molecule has 1 unspecified atom stereocenters. The molecular formula is C23H19F5N4O. The highest BCUT2D eigenvalue weighted by molar-refractivity contribution is 5.88. The third-order valence-electron chi connectivity index (χ3n) is 5.63. The number of pyridine rings is 1. The molecule has 10 heteroatoms. The van der Waals surface area contributed by atoms with Gasteiger partial charge in [0.2, 0.25) is 0 Å². The highest BCUT2D eigenvalue weighted by Crippen LogP contribution is 2.48. The Morgan fingerprint density at radius 2 is 1.97 bits per heavy atom. The van der Waals surface area contributed by atoms with Crippen LogP contribution in [0.4, 0.5) is 27.8 Å². The molecule has 1 aromatic carbocycles. The fourth-order valence-corrected chi connectivity index (χ4v) is 3.84. The molecule has 1 aliphatic rings. The molecule has 1 atom stereocenters. The summed E-state index contributed by atoms with van der Waals surface area (Å²) in [4.78, 5) is 21.1. The monoisotopic (exact) mass is 462 g/mol. The first-order valence-corrected chi connectivity index (χ1v) is 10.1. The SMILES string of the molecule is C#CC(Nc1nc(C)nc2cc(=O)n(C3(C(F)F)CC3)cc12)c1cccc(CC(F)(F)F)c1. The fraction of sp³-hybridized carbons (Fsp3) is 0.348. The van der Waals surface area contributed by atoms with Crippen LogP contribution in [0.3, 0.4) is 0 Å². The zero-order valence-corrected chi connectivity index (χ0v) is 17.5. The lowest BCUT2D eigenvalue weighted by Gasteiger charge is -2.20. The maximum atomic E-state index is 13.6. The highest BCUT2D eigenvalue weighted by atomic mass is 19.4. The van der Waals surface area contributed by atoms with Gasteiger partial charge in [0.05, 0.1) is 17.3 Å². The van der Waals surface area contributed by atoms with E-state index in [0.717, 1.165) is 4.57 Å². The molecule has 1 N–H and O–H groups in total. The Morgan fingerprint density at radius 3 is 2.58 bits per heavy atom. The van der Waals surface area contributed by atoms with Crippen LogP contribution < -0.4 is 10.9 Å². The van der Waals surface area contributed by atoms with E-state index in [1.807, 2.05) is 0 Å². The van der Waals surface area contributed by atoms with Gasteiger partial charge >= 0.3 is 6.18 Å². The molecule has 1 aliphatic carbocycles. The first-order chi connectivity index (χ1) is 15.5. The second kappa shape index (κ2) is 8.14. The van der Waals surface area contributed by atoms with Gasteiger partial charge in [-0.3, -0.25) is 4.79 Å². The fourth-order valence-electron chi connectivity index (χ4n) is 3.84. The summed E-state index contributed by atoms with van der Waals surface area (Å²) in [6.07, 6.45) is -0.896. The van der Waals surface area contributed by atoms with Crippen LogP contribution in [0.2, 0.25) is 0 Å². The normalized spacial score (nSPS) is 15.9. The molecule has 1 fully saturated rings. The summed E-state index contributed by atoms with van der Waals surface area (Å²) in [5.74, 6) is 2.99. The molecule has 0 spiro atoms. The number of rotatable bonds is 6. The Kier molecular flexibility index (Phi) is 5.60. The average molecular weight is 462 g/mol. The summed E-state index contributed by atoms with van der Waals surface area (Å²) in [7, 11) is 0. The van der Waals surface area contributed by atoms with E-state index in [-0.39, 0.29) is 29.7 Å². The highest BCUT2D eigenvalue weighted by Gasteiger charge is 2.53. The van der Waals surface area contributed by atoms with Crippen molar-refractivity contribution in [3.8, 4) is 12.3 Å². The molecule has 2 aromatic heterocycles. The van der Waals surface area contributed by atoms with Crippen LogP contribution in [0.5, 0.6) is 0 Å². The number of aromatic nitrogens is 3. The van der Waals surface area contributed by atoms with E-state index in [2.05, 4.69) is 21.2 Å². The van der Waals surface area contributed by atoms with Crippen molar-refractivity contribution < 1.29 is 22.0 Å². The van der Waals surface area contributed by atoms with Crippen molar-refractivity contribution >= 4 is 16.7 Å². The molecule has 0 bridgehead atoms. The van der Waals surface area contributed by atoms with Crippen molar-refractivity contribution in [2.75, 3.05) is 5.32 Å². The maximum Gasteiger partial charge on any atom is 0.393 e. The van der Waals surface area contributed by atoms with Crippen molar-refractivity contribution in [2.45, 2.75) is 50.4 Å². The van der Waals surface area contributed by atoms with E-state index in [9.17, 15) is 26.7 Å². The number of fused-ring (bicyclic) bond motifs is 1. The molecule has 5 nitrogen and oxygen atoms in total. The zero-order chi connectivity index (χ0) is 24.0. The minimum Gasteiger partial charge on any atom is -0.352 e. The Balaban J connectivity index is 1.76. The van der Waals surface area contributed by atoms with E-state index < -0.39 is 36.2 Å². The quantitative estimate of drug-likeness (QED) is 0.425. The number of alkyl halides is 5. The first-order valence-electron chi connectivity index (χ1n) is 10.1. The van der Waals surface area contributed by atoms with Crippen LogP contribution in [0, 0.1) is 19.3 Å². The predicted octanol–water partition coefficient (Wildman–Crippen LogP) is 4.75. The van der Waals surface area contributed by atoms with Crippen molar-refractivity contribution in [1.82, 2.24) is 14.5 Å². The number of hydrogen-bond acceptors (Lipinski definition) is 4. The summed E-state index contributed by atoms with van der Waals surface area (Å²) in [5.41, 5.74) is -1.45. The lowest BCUT2D eigenvalue weighted by Crippen LogP contribution is -2.35. The number of nitrogens with zero attached hydrogens (tertiary/aromatic N) is 3. The van der Waals surface area contributed by atoms with Gasteiger partial charge < -0.3 is 9.88 Å². The van der Waals surface area contributed by atoms with Gasteiger partial charge in [-0.05, 0) is 30.9 Å². The lowest BCUT2D eigenvalue weighted by atomic mass is 10.0. The Morgan fingerprint density at radius 1 is 1.24 bits per heavy atom. The van der Waals surface area contributed by atoms with Crippen molar-refractivity contribution in [3.63, 3.8) is 0 Å². The Hall–Kier alpha value is -3.48. The molecule has 0 amide bonds. The molecule has 2 heterocycles. The summed E-state index contributed by atoms with van der Waals surface area (Å²) < 4.78 is 66.7. The number of nitrogens with one attached hydrogen (secondary N) is 1. The van der Waals surface area contributed by atoms with E-state index in [4.69, 9.17) is 6.42 Å². The number of halogens is 5. The van der Waals surface area contributed by atoms with Gasteiger partial charge in [-0.2, -0.15) is 13.2 Å². The summed E-state index contributed by atoms with van der Waals surface area (Å²) in [5, 5.41) is 3.30. The smallest absolute Gasteiger partial charge is 0.352 e. The average Bonchev–Trinajstić information content (AvgIpc) is 3.52. The number of hydrogen-bond donors (Lipinski definition) is 1. The van der Waals surface area contributed by atoms with Gasteiger partial charge in [-0.1, -0.05) is 30.2 Å². The van der Waals surface area contributed by atoms with E-state index in [0.29, 0.717) is 16.8 Å². The predicted molar refractivity (Wildman–Crippen MR) is 113 cm³/mol.